The SMILES string of the molecule is O=[N+]([O-])c1cccc(Oc2cccc3c2NCCC3)c1. The predicted molar refractivity (Wildman–Crippen MR) is 76.4 cm³/mol. The number of hydrogen-bond donors (Lipinski definition) is 1. The first-order chi connectivity index (χ1) is 9.74. The largest absolute Gasteiger partial charge is 0.455 e. The smallest absolute Gasteiger partial charge is 0.273 e. The summed E-state index contributed by atoms with van der Waals surface area (Å²) in [5.74, 6) is 1.18. The van der Waals surface area contributed by atoms with Gasteiger partial charge in [0, 0.05) is 12.6 Å². The highest BCUT2D eigenvalue weighted by atomic mass is 16.6. The average Bonchev–Trinajstić information content (AvgIpc) is 2.48. The molecule has 1 N–H and O–H groups in total. The number of hydrogen-bond acceptors (Lipinski definition) is 4. The van der Waals surface area contributed by atoms with Crippen molar-refractivity contribution in [1.29, 1.82) is 0 Å². The second-order valence-corrected chi connectivity index (χ2v) is 4.68. The molecule has 0 aromatic heterocycles. The van der Waals surface area contributed by atoms with Crippen LogP contribution in [-0.2, 0) is 6.42 Å². The molecule has 0 fully saturated rings. The maximum Gasteiger partial charge on any atom is 0.273 e. The van der Waals surface area contributed by atoms with Crippen molar-refractivity contribution < 1.29 is 9.66 Å². The number of para-hydroxylation sites is 1. The van der Waals surface area contributed by atoms with Gasteiger partial charge in [-0.15, -0.1) is 0 Å². The van der Waals surface area contributed by atoms with Crippen molar-refractivity contribution >= 4 is 11.4 Å². The molecule has 0 atom stereocenters. The van der Waals surface area contributed by atoms with Crippen molar-refractivity contribution in [3.05, 3.63) is 58.1 Å². The Labute approximate surface area is 116 Å². The summed E-state index contributed by atoms with van der Waals surface area (Å²) >= 11 is 0. The number of anilines is 1. The van der Waals surface area contributed by atoms with Crippen molar-refractivity contribution in [3.8, 4) is 11.5 Å². The van der Waals surface area contributed by atoms with Crippen LogP contribution in [0.3, 0.4) is 0 Å². The lowest BCUT2D eigenvalue weighted by molar-refractivity contribution is -0.384. The van der Waals surface area contributed by atoms with E-state index in [0.717, 1.165) is 25.1 Å². The quantitative estimate of drug-likeness (QED) is 0.681. The molecule has 0 radical (unpaired) electrons. The number of fused-ring (bicyclic) bond motifs is 1. The van der Waals surface area contributed by atoms with Crippen LogP contribution in [0.25, 0.3) is 0 Å². The van der Waals surface area contributed by atoms with Crippen LogP contribution in [0.5, 0.6) is 11.5 Å². The fourth-order valence-electron chi connectivity index (χ4n) is 2.35. The van der Waals surface area contributed by atoms with Crippen molar-refractivity contribution in [3.63, 3.8) is 0 Å². The van der Waals surface area contributed by atoms with Gasteiger partial charge in [0.1, 0.15) is 5.75 Å². The van der Waals surface area contributed by atoms with Crippen LogP contribution in [0.4, 0.5) is 11.4 Å². The van der Waals surface area contributed by atoms with E-state index in [-0.39, 0.29) is 5.69 Å². The highest BCUT2D eigenvalue weighted by Crippen LogP contribution is 2.35. The third-order valence-corrected chi connectivity index (χ3v) is 3.29. The van der Waals surface area contributed by atoms with Gasteiger partial charge < -0.3 is 10.1 Å². The Morgan fingerprint density at radius 2 is 2.05 bits per heavy atom. The minimum absolute atomic E-state index is 0.0280. The molecule has 2 aromatic rings. The van der Waals surface area contributed by atoms with Crippen LogP contribution in [-0.4, -0.2) is 11.5 Å². The average molecular weight is 270 g/mol. The lowest BCUT2D eigenvalue weighted by Crippen LogP contribution is -2.12. The summed E-state index contributed by atoms with van der Waals surface area (Å²) < 4.78 is 5.80. The molecule has 1 aliphatic heterocycles. The maximum atomic E-state index is 10.8. The van der Waals surface area contributed by atoms with Gasteiger partial charge in [0.15, 0.2) is 5.75 Å². The van der Waals surface area contributed by atoms with Crippen molar-refractivity contribution in [1.82, 2.24) is 0 Å². The second-order valence-electron chi connectivity index (χ2n) is 4.68. The molecule has 0 spiro atoms. The predicted octanol–water partition coefficient (Wildman–Crippen LogP) is 3.75. The molecular formula is C15H14N2O3. The van der Waals surface area contributed by atoms with Gasteiger partial charge in [-0.25, -0.2) is 0 Å². The minimum atomic E-state index is -0.425. The monoisotopic (exact) mass is 270 g/mol. The molecule has 20 heavy (non-hydrogen) atoms. The van der Waals surface area contributed by atoms with E-state index in [1.807, 2.05) is 12.1 Å². The fourth-order valence-corrected chi connectivity index (χ4v) is 2.35. The molecule has 5 heteroatoms. The summed E-state index contributed by atoms with van der Waals surface area (Å²) in [5.41, 5.74) is 2.24. The Bertz CT molecular complexity index is 655. The molecule has 0 saturated carbocycles. The number of rotatable bonds is 3. The Hall–Kier alpha value is -2.56. The molecular weight excluding hydrogens is 256 g/mol. The molecule has 0 aliphatic carbocycles. The first kappa shape index (κ1) is 12.5. The van der Waals surface area contributed by atoms with E-state index in [9.17, 15) is 10.1 Å². The number of nitro benzene ring substituents is 1. The number of nitrogens with one attached hydrogen (secondary N) is 1. The number of non-ortho nitro benzene ring substituents is 1. The Morgan fingerprint density at radius 1 is 1.20 bits per heavy atom. The number of aryl methyl sites for hydroxylation is 1. The van der Waals surface area contributed by atoms with Gasteiger partial charge in [-0.3, -0.25) is 10.1 Å². The van der Waals surface area contributed by atoms with Gasteiger partial charge in [-0.2, -0.15) is 0 Å². The van der Waals surface area contributed by atoms with Gasteiger partial charge in [-0.1, -0.05) is 18.2 Å². The molecule has 3 rings (SSSR count). The summed E-state index contributed by atoms with van der Waals surface area (Å²) in [6, 6.07) is 12.1. The lowest BCUT2D eigenvalue weighted by Gasteiger charge is -2.20. The summed E-state index contributed by atoms with van der Waals surface area (Å²) in [6.07, 6.45) is 2.13. The van der Waals surface area contributed by atoms with Crippen LogP contribution in [0, 0.1) is 10.1 Å². The molecule has 2 aromatic carbocycles. The Morgan fingerprint density at radius 3 is 2.90 bits per heavy atom. The van der Waals surface area contributed by atoms with Crippen LogP contribution >= 0.6 is 0 Å². The zero-order valence-corrected chi connectivity index (χ0v) is 10.8. The summed E-state index contributed by atoms with van der Waals surface area (Å²) in [5, 5.41) is 14.1. The molecule has 0 amide bonds. The van der Waals surface area contributed by atoms with Crippen molar-refractivity contribution in [2.45, 2.75) is 12.8 Å². The van der Waals surface area contributed by atoms with E-state index in [2.05, 4.69) is 11.4 Å². The van der Waals surface area contributed by atoms with Crippen LogP contribution < -0.4 is 10.1 Å². The number of nitrogens with zero attached hydrogens (tertiary/aromatic N) is 1. The van der Waals surface area contributed by atoms with Gasteiger partial charge in [0.05, 0.1) is 16.7 Å². The molecule has 102 valence electrons. The van der Waals surface area contributed by atoms with Gasteiger partial charge in [0.2, 0.25) is 0 Å². The summed E-state index contributed by atoms with van der Waals surface area (Å²) in [4.78, 5) is 10.4. The normalized spacial score (nSPS) is 13.2. The van der Waals surface area contributed by atoms with E-state index in [1.54, 1.807) is 12.1 Å². The van der Waals surface area contributed by atoms with Gasteiger partial charge >= 0.3 is 0 Å². The van der Waals surface area contributed by atoms with Crippen LogP contribution in [0.1, 0.15) is 12.0 Å². The molecule has 5 nitrogen and oxygen atoms in total. The van der Waals surface area contributed by atoms with E-state index in [0.29, 0.717) is 11.5 Å². The van der Waals surface area contributed by atoms with E-state index < -0.39 is 4.92 Å². The van der Waals surface area contributed by atoms with Gasteiger partial charge in [0.25, 0.3) is 5.69 Å². The Kier molecular flexibility index (Phi) is 3.25. The Balaban J connectivity index is 1.91. The standard InChI is InChI=1S/C15H14N2O3/c18-17(19)12-6-2-7-13(10-12)20-14-8-1-4-11-5-3-9-16-15(11)14/h1-2,4,6-8,10,16H,3,5,9H2. The number of benzene rings is 2. The molecule has 0 unspecified atom stereocenters. The van der Waals surface area contributed by atoms with E-state index in [1.165, 1.54) is 17.7 Å². The van der Waals surface area contributed by atoms with E-state index in [4.69, 9.17) is 4.74 Å². The minimum Gasteiger partial charge on any atom is -0.455 e. The van der Waals surface area contributed by atoms with Crippen molar-refractivity contribution in [2.24, 2.45) is 0 Å². The van der Waals surface area contributed by atoms with E-state index >= 15 is 0 Å². The van der Waals surface area contributed by atoms with Crippen molar-refractivity contribution in [2.75, 3.05) is 11.9 Å². The topological polar surface area (TPSA) is 64.4 Å². The van der Waals surface area contributed by atoms with Gasteiger partial charge in [-0.05, 0) is 30.5 Å². The highest BCUT2D eigenvalue weighted by molar-refractivity contribution is 5.64. The molecule has 0 bridgehead atoms. The first-order valence-corrected chi connectivity index (χ1v) is 6.52. The zero-order valence-electron chi connectivity index (χ0n) is 10.8. The number of nitro groups is 1. The molecule has 1 aliphatic rings. The van der Waals surface area contributed by atoms with Crippen LogP contribution in [0.15, 0.2) is 42.5 Å². The number of ether oxygens (including phenoxy) is 1. The first-order valence-electron chi connectivity index (χ1n) is 6.52. The highest BCUT2D eigenvalue weighted by Gasteiger charge is 2.14. The maximum absolute atomic E-state index is 10.8. The molecule has 0 saturated heterocycles. The third kappa shape index (κ3) is 2.42. The second kappa shape index (κ2) is 5.21. The summed E-state index contributed by atoms with van der Waals surface area (Å²) in [7, 11) is 0. The zero-order chi connectivity index (χ0) is 13.9. The third-order valence-electron chi connectivity index (χ3n) is 3.29. The fraction of sp³-hybridized carbons (Fsp3) is 0.200. The van der Waals surface area contributed by atoms with Crippen LogP contribution in [0.2, 0.25) is 0 Å². The lowest BCUT2D eigenvalue weighted by atomic mass is 10.0. The molecule has 1 heterocycles. The summed E-state index contributed by atoms with van der Waals surface area (Å²) in [6.45, 7) is 0.919.